The van der Waals surface area contributed by atoms with Crippen LogP contribution in [0.2, 0.25) is 0 Å². The van der Waals surface area contributed by atoms with Gasteiger partial charge in [-0.2, -0.15) is 0 Å². The van der Waals surface area contributed by atoms with E-state index in [0.717, 1.165) is 22.0 Å². The Morgan fingerprint density at radius 3 is 2.79 bits per heavy atom. The van der Waals surface area contributed by atoms with Gasteiger partial charge in [-0.05, 0) is 24.3 Å². The predicted molar refractivity (Wildman–Crippen MR) is 90.2 cm³/mol. The van der Waals surface area contributed by atoms with Gasteiger partial charge in [0, 0.05) is 29.5 Å². The van der Waals surface area contributed by atoms with Crippen molar-refractivity contribution in [2.75, 3.05) is 5.32 Å². The quantitative estimate of drug-likeness (QED) is 0.598. The van der Waals surface area contributed by atoms with Crippen molar-refractivity contribution in [3.05, 3.63) is 60.0 Å². The second-order valence-electron chi connectivity index (χ2n) is 4.86. The molecule has 0 aliphatic heterocycles. The summed E-state index contributed by atoms with van der Waals surface area (Å²) < 4.78 is 5.59. The maximum Gasteiger partial charge on any atom is 0.316 e. The van der Waals surface area contributed by atoms with Gasteiger partial charge in [-0.25, -0.2) is 4.98 Å². The van der Waals surface area contributed by atoms with E-state index in [1.54, 1.807) is 29.9 Å². The average molecular weight is 336 g/mol. The van der Waals surface area contributed by atoms with Crippen LogP contribution in [-0.2, 0) is 6.54 Å². The maximum atomic E-state index is 5.59. The van der Waals surface area contributed by atoms with E-state index in [2.05, 4.69) is 30.5 Å². The van der Waals surface area contributed by atoms with Crippen molar-refractivity contribution in [2.24, 2.45) is 0 Å². The van der Waals surface area contributed by atoms with Crippen LogP contribution in [0.4, 0.5) is 6.01 Å². The standard InChI is InChI=1S/C16H12N6OS/c1-2-6-18-13(3-1)15-20-12(10-24-15)9-19-16-22-21-14(23-16)11-4-7-17-8-5-11/h1-8,10H,9H2,(H,19,22). The summed E-state index contributed by atoms with van der Waals surface area (Å²) in [6, 6.07) is 9.76. The van der Waals surface area contributed by atoms with Gasteiger partial charge in [0.05, 0.1) is 17.9 Å². The number of anilines is 1. The largest absolute Gasteiger partial charge is 0.403 e. The average Bonchev–Trinajstić information content (AvgIpc) is 3.31. The fraction of sp³-hybridized carbons (Fsp3) is 0.0625. The van der Waals surface area contributed by atoms with Crippen LogP contribution in [0.15, 0.2) is 58.7 Å². The molecule has 0 saturated heterocycles. The van der Waals surface area contributed by atoms with Crippen LogP contribution in [0.25, 0.3) is 22.2 Å². The predicted octanol–water partition coefficient (Wildman–Crippen LogP) is 3.26. The Labute approximate surface area is 141 Å². The lowest BCUT2D eigenvalue weighted by Gasteiger charge is -1.97. The highest BCUT2D eigenvalue weighted by molar-refractivity contribution is 7.13. The maximum absolute atomic E-state index is 5.59. The molecule has 7 nitrogen and oxygen atoms in total. The molecule has 0 aliphatic rings. The molecule has 0 unspecified atom stereocenters. The number of pyridine rings is 2. The summed E-state index contributed by atoms with van der Waals surface area (Å²) >= 11 is 1.55. The second-order valence-corrected chi connectivity index (χ2v) is 5.72. The monoisotopic (exact) mass is 336 g/mol. The summed E-state index contributed by atoms with van der Waals surface area (Å²) in [6.07, 6.45) is 5.12. The molecule has 8 heteroatoms. The molecule has 4 heterocycles. The van der Waals surface area contributed by atoms with Crippen LogP contribution in [0.5, 0.6) is 0 Å². The minimum Gasteiger partial charge on any atom is -0.403 e. The summed E-state index contributed by atoms with van der Waals surface area (Å²) in [7, 11) is 0. The van der Waals surface area contributed by atoms with Gasteiger partial charge in [0.25, 0.3) is 0 Å². The van der Waals surface area contributed by atoms with Gasteiger partial charge in [-0.15, -0.1) is 16.4 Å². The van der Waals surface area contributed by atoms with Crippen molar-refractivity contribution < 1.29 is 4.42 Å². The Morgan fingerprint density at radius 1 is 1.04 bits per heavy atom. The minimum absolute atomic E-state index is 0.356. The van der Waals surface area contributed by atoms with E-state index < -0.39 is 0 Å². The minimum atomic E-state index is 0.356. The first-order valence-corrected chi connectivity index (χ1v) is 8.10. The van der Waals surface area contributed by atoms with Crippen molar-refractivity contribution in [3.63, 3.8) is 0 Å². The van der Waals surface area contributed by atoms with Crippen molar-refractivity contribution in [3.8, 4) is 22.2 Å². The van der Waals surface area contributed by atoms with E-state index >= 15 is 0 Å². The van der Waals surface area contributed by atoms with E-state index in [1.165, 1.54) is 0 Å². The van der Waals surface area contributed by atoms with E-state index in [1.807, 2.05) is 35.7 Å². The molecule has 4 aromatic heterocycles. The first-order chi connectivity index (χ1) is 11.9. The normalized spacial score (nSPS) is 10.7. The number of nitrogens with one attached hydrogen (secondary N) is 1. The molecule has 0 spiro atoms. The highest BCUT2D eigenvalue weighted by Gasteiger charge is 2.09. The van der Waals surface area contributed by atoms with Gasteiger partial charge in [-0.3, -0.25) is 9.97 Å². The number of thiazole rings is 1. The molecule has 0 aromatic carbocycles. The fourth-order valence-corrected chi connectivity index (χ4v) is 2.86. The molecule has 118 valence electrons. The van der Waals surface area contributed by atoms with Gasteiger partial charge in [0.1, 0.15) is 5.01 Å². The van der Waals surface area contributed by atoms with Gasteiger partial charge < -0.3 is 9.73 Å². The molecule has 0 bridgehead atoms. The van der Waals surface area contributed by atoms with Crippen molar-refractivity contribution in [1.82, 2.24) is 25.1 Å². The third-order valence-corrected chi connectivity index (χ3v) is 4.12. The Balaban J connectivity index is 1.43. The van der Waals surface area contributed by atoms with Crippen LogP contribution >= 0.6 is 11.3 Å². The third-order valence-electron chi connectivity index (χ3n) is 3.21. The molecule has 24 heavy (non-hydrogen) atoms. The highest BCUT2D eigenvalue weighted by atomic mass is 32.1. The smallest absolute Gasteiger partial charge is 0.316 e. The zero-order chi connectivity index (χ0) is 16.2. The molecule has 0 radical (unpaired) electrons. The summed E-state index contributed by atoms with van der Waals surface area (Å²) in [4.78, 5) is 12.8. The SMILES string of the molecule is c1ccc(-c2nc(CNc3nnc(-c4ccncc4)o3)cs2)nc1. The lowest BCUT2D eigenvalue weighted by atomic mass is 10.3. The first-order valence-electron chi connectivity index (χ1n) is 7.22. The van der Waals surface area contributed by atoms with Crippen LogP contribution in [-0.4, -0.2) is 25.1 Å². The number of hydrogen-bond acceptors (Lipinski definition) is 8. The second kappa shape index (κ2) is 6.55. The third kappa shape index (κ3) is 3.13. The van der Waals surface area contributed by atoms with Gasteiger partial charge in [0.2, 0.25) is 5.89 Å². The molecular weight excluding hydrogens is 324 g/mol. The molecular formula is C16H12N6OS. The van der Waals surface area contributed by atoms with E-state index in [-0.39, 0.29) is 0 Å². The van der Waals surface area contributed by atoms with E-state index in [9.17, 15) is 0 Å². The lowest BCUT2D eigenvalue weighted by molar-refractivity contribution is 0.580. The highest BCUT2D eigenvalue weighted by Crippen LogP contribution is 2.22. The Bertz CT molecular complexity index is 844. The molecule has 4 aromatic rings. The zero-order valence-corrected chi connectivity index (χ0v) is 13.3. The number of rotatable bonds is 5. The van der Waals surface area contributed by atoms with Crippen molar-refractivity contribution >= 4 is 17.4 Å². The topological polar surface area (TPSA) is 89.6 Å². The van der Waals surface area contributed by atoms with E-state index in [4.69, 9.17) is 4.42 Å². The zero-order valence-electron chi connectivity index (χ0n) is 12.5. The first kappa shape index (κ1) is 14.5. The molecule has 0 saturated carbocycles. The fourth-order valence-electron chi connectivity index (χ4n) is 2.07. The van der Waals surface area contributed by atoms with Gasteiger partial charge in [-0.1, -0.05) is 11.2 Å². The summed E-state index contributed by atoms with van der Waals surface area (Å²) in [5.41, 5.74) is 2.59. The van der Waals surface area contributed by atoms with Crippen molar-refractivity contribution in [2.45, 2.75) is 6.54 Å². The molecule has 0 fully saturated rings. The molecule has 0 aliphatic carbocycles. The Morgan fingerprint density at radius 2 is 1.96 bits per heavy atom. The molecule has 0 amide bonds. The van der Waals surface area contributed by atoms with Crippen LogP contribution in [0, 0.1) is 0 Å². The number of hydrogen-bond donors (Lipinski definition) is 1. The van der Waals surface area contributed by atoms with Gasteiger partial charge in [0.15, 0.2) is 0 Å². The summed E-state index contributed by atoms with van der Waals surface area (Å²) in [6.45, 7) is 0.501. The molecule has 4 rings (SSSR count). The van der Waals surface area contributed by atoms with E-state index in [0.29, 0.717) is 18.5 Å². The molecule has 1 N–H and O–H groups in total. The van der Waals surface area contributed by atoms with Crippen LogP contribution in [0.3, 0.4) is 0 Å². The lowest BCUT2D eigenvalue weighted by Crippen LogP contribution is -1.99. The van der Waals surface area contributed by atoms with Crippen molar-refractivity contribution in [1.29, 1.82) is 0 Å². The molecule has 0 atom stereocenters. The van der Waals surface area contributed by atoms with Crippen LogP contribution < -0.4 is 5.32 Å². The van der Waals surface area contributed by atoms with Gasteiger partial charge >= 0.3 is 6.01 Å². The Kier molecular flexibility index (Phi) is 3.95. The summed E-state index contributed by atoms with van der Waals surface area (Å²) in [5, 5.41) is 14.0. The Hall–Kier alpha value is -3.13. The number of aromatic nitrogens is 5. The number of nitrogens with zero attached hydrogens (tertiary/aromatic N) is 5. The van der Waals surface area contributed by atoms with Crippen LogP contribution in [0.1, 0.15) is 5.69 Å². The summed E-state index contributed by atoms with van der Waals surface area (Å²) in [5.74, 6) is 0.451.